The number of nitrogens with one attached hydrogen (secondary N) is 1. The summed E-state index contributed by atoms with van der Waals surface area (Å²) >= 11 is 0. The fraction of sp³-hybridized carbons (Fsp3) is 0.130. The zero-order valence-electron chi connectivity index (χ0n) is 15.8. The number of esters is 1. The summed E-state index contributed by atoms with van der Waals surface area (Å²) in [5.74, 6) is 0.460. The lowest BCUT2D eigenvalue weighted by Gasteiger charge is -2.09. The van der Waals surface area contributed by atoms with Crippen molar-refractivity contribution in [3.8, 4) is 11.5 Å². The monoisotopic (exact) mass is 375 g/mol. The van der Waals surface area contributed by atoms with E-state index in [4.69, 9.17) is 9.47 Å². The van der Waals surface area contributed by atoms with Gasteiger partial charge in [0.1, 0.15) is 11.5 Å². The van der Waals surface area contributed by atoms with Crippen LogP contribution in [0.25, 0.3) is 0 Å². The lowest BCUT2D eigenvalue weighted by atomic mass is 10.1. The molecule has 0 unspecified atom stereocenters. The van der Waals surface area contributed by atoms with Crippen LogP contribution in [0.4, 0.5) is 5.69 Å². The summed E-state index contributed by atoms with van der Waals surface area (Å²) in [6.45, 7) is 3.53. The number of amides is 1. The molecule has 0 saturated heterocycles. The summed E-state index contributed by atoms with van der Waals surface area (Å²) in [5.41, 5.74) is 3.11. The predicted octanol–water partition coefficient (Wildman–Crippen LogP) is 4.89. The first-order chi connectivity index (χ1) is 13.5. The third kappa shape index (κ3) is 5.20. The molecule has 0 spiro atoms. The van der Waals surface area contributed by atoms with Gasteiger partial charge in [-0.1, -0.05) is 24.3 Å². The molecule has 0 fully saturated rings. The molecule has 0 radical (unpaired) electrons. The first-order valence-electron chi connectivity index (χ1n) is 8.88. The largest absolute Gasteiger partial charge is 0.457 e. The van der Waals surface area contributed by atoms with E-state index >= 15 is 0 Å². The van der Waals surface area contributed by atoms with Gasteiger partial charge in [-0.25, -0.2) is 4.79 Å². The molecule has 0 aliphatic carbocycles. The SMILES string of the molecule is Cc1ccc(C(=O)OCC(=O)Nc2ccc(Oc3ccccc3)cc2)cc1C. The Bertz CT molecular complexity index is 966. The molecule has 0 saturated carbocycles. The molecule has 0 aromatic heterocycles. The zero-order valence-corrected chi connectivity index (χ0v) is 15.8. The van der Waals surface area contributed by atoms with Gasteiger partial charge in [-0.3, -0.25) is 4.79 Å². The van der Waals surface area contributed by atoms with Crippen molar-refractivity contribution in [1.82, 2.24) is 0 Å². The van der Waals surface area contributed by atoms with Crippen LogP contribution in [0.3, 0.4) is 0 Å². The van der Waals surface area contributed by atoms with Gasteiger partial charge in [0.05, 0.1) is 5.56 Å². The second-order valence-electron chi connectivity index (χ2n) is 6.36. The fourth-order valence-electron chi connectivity index (χ4n) is 2.51. The van der Waals surface area contributed by atoms with Crippen LogP contribution >= 0.6 is 0 Å². The number of benzene rings is 3. The molecule has 5 heteroatoms. The molecular weight excluding hydrogens is 354 g/mol. The minimum atomic E-state index is -0.523. The van der Waals surface area contributed by atoms with Crippen molar-refractivity contribution >= 4 is 17.6 Å². The second-order valence-corrected chi connectivity index (χ2v) is 6.36. The van der Waals surface area contributed by atoms with Gasteiger partial charge in [-0.2, -0.15) is 0 Å². The van der Waals surface area contributed by atoms with E-state index in [0.29, 0.717) is 17.0 Å². The molecule has 0 atom stereocenters. The summed E-state index contributed by atoms with van der Waals surface area (Å²) in [5, 5.41) is 2.69. The van der Waals surface area contributed by atoms with E-state index in [9.17, 15) is 9.59 Å². The summed E-state index contributed by atoms with van der Waals surface area (Å²) < 4.78 is 10.8. The van der Waals surface area contributed by atoms with E-state index in [-0.39, 0.29) is 6.61 Å². The van der Waals surface area contributed by atoms with Crippen molar-refractivity contribution in [2.24, 2.45) is 0 Å². The van der Waals surface area contributed by atoms with E-state index in [1.54, 1.807) is 36.4 Å². The molecule has 0 heterocycles. The normalized spacial score (nSPS) is 10.2. The number of carbonyl (C=O) groups excluding carboxylic acids is 2. The molecule has 0 aliphatic rings. The molecule has 0 aliphatic heterocycles. The Balaban J connectivity index is 1.50. The van der Waals surface area contributed by atoms with Crippen LogP contribution in [-0.2, 0) is 9.53 Å². The van der Waals surface area contributed by atoms with E-state index in [1.807, 2.05) is 50.2 Å². The molecule has 3 rings (SSSR count). The first-order valence-corrected chi connectivity index (χ1v) is 8.88. The van der Waals surface area contributed by atoms with E-state index in [2.05, 4.69) is 5.32 Å². The van der Waals surface area contributed by atoms with Gasteiger partial charge in [0, 0.05) is 5.69 Å². The topological polar surface area (TPSA) is 64.6 Å². The Morgan fingerprint density at radius 3 is 2.18 bits per heavy atom. The van der Waals surface area contributed by atoms with Gasteiger partial charge in [0.15, 0.2) is 6.61 Å². The minimum Gasteiger partial charge on any atom is -0.457 e. The first kappa shape index (κ1) is 19.2. The number of rotatable bonds is 6. The van der Waals surface area contributed by atoms with Crippen molar-refractivity contribution < 1.29 is 19.1 Å². The number of para-hydroxylation sites is 1. The standard InChI is InChI=1S/C23H21NO4/c1-16-8-9-18(14-17(16)2)23(26)27-15-22(25)24-19-10-12-21(13-11-19)28-20-6-4-3-5-7-20/h3-14H,15H2,1-2H3,(H,24,25). The molecule has 5 nitrogen and oxygen atoms in total. The summed E-state index contributed by atoms with van der Waals surface area (Å²) in [6, 6.07) is 21.7. The number of carbonyl (C=O) groups is 2. The molecule has 1 N–H and O–H groups in total. The third-order valence-electron chi connectivity index (χ3n) is 4.19. The highest BCUT2D eigenvalue weighted by molar-refractivity contribution is 5.95. The molecule has 142 valence electrons. The molecule has 1 amide bonds. The maximum absolute atomic E-state index is 12.1. The van der Waals surface area contributed by atoms with Crippen molar-refractivity contribution in [1.29, 1.82) is 0 Å². The van der Waals surface area contributed by atoms with Crippen molar-refractivity contribution in [2.75, 3.05) is 11.9 Å². The van der Waals surface area contributed by atoms with Gasteiger partial charge in [-0.15, -0.1) is 0 Å². The Hall–Kier alpha value is -3.60. The lowest BCUT2D eigenvalue weighted by Crippen LogP contribution is -2.21. The summed E-state index contributed by atoms with van der Waals surface area (Å²) in [4.78, 5) is 24.1. The Kier molecular flexibility index (Phi) is 6.07. The summed E-state index contributed by atoms with van der Waals surface area (Å²) in [7, 11) is 0. The molecule has 3 aromatic carbocycles. The van der Waals surface area contributed by atoms with Crippen LogP contribution in [-0.4, -0.2) is 18.5 Å². The third-order valence-corrected chi connectivity index (χ3v) is 4.19. The minimum absolute atomic E-state index is 0.353. The van der Waals surface area contributed by atoms with E-state index < -0.39 is 11.9 Å². The Morgan fingerprint density at radius 1 is 0.821 bits per heavy atom. The van der Waals surface area contributed by atoms with Gasteiger partial charge < -0.3 is 14.8 Å². The quantitative estimate of drug-likeness (QED) is 0.623. The van der Waals surface area contributed by atoms with Crippen LogP contribution in [0.2, 0.25) is 0 Å². The highest BCUT2D eigenvalue weighted by Crippen LogP contribution is 2.22. The molecular formula is C23H21NO4. The highest BCUT2D eigenvalue weighted by Gasteiger charge is 2.11. The molecule has 28 heavy (non-hydrogen) atoms. The zero-order chi connectivity index (χ0) is 19.9. The van der Waals surface area contributed by atoms with E-state index in [0.717, 1.165) is 16.9 Å². The molecule has 0 bridgehead atoms. The van der Waals surface area contributed by atoms with Crippen LogP contribution < -0.4 is 10.1 Å². The maximum atomic E-state index is 12.1. The maximum Gasteiger partial charge on any atom is 0.338 e. The van der Waals surface area contributed by atoms with Crippen molar-refractivity contribution in [3.63, 3.8) is 0 Å². The van der Waals surface area contributed by atoms with Gasteiger partial charge in [0.25, 0.3) is 5.91 Å². The summed E-state index contributed by atoms with van der Waals surface area (Å²) in [6.07, 6.45) is 0. The van der Waals surface area contributed by atoms with Crippen molar-refractivity contribution in [2.45, 2.75) is 13.8 Å². The van der Waals surface area contributed by atoms with Gasteiger partial charge in [0.2, 0.25) is 0 Å². The molecule has 3 aromatic rings. The van der Waals surface area contributed by atoms with Crippen LogP contribution in [0.1, 0.15) is 21.5 Å². The fourth-order valence-corrected chi connectivity index (χ4v) is 2.51. The second kappa shape index (κ2) is 8.86. The Morgan fingerprint density at radius 2 is 1.50 bits per heavy atom. The number of hydrogen-bond donors (Lipinski definition) is 1. The van der Waals surface area contributed by atoms with E-state index in [1.165, 1.54) is 0 Å². The number of ether oxygens (including phenoxy) is 2. The lowest BCUT2D eigenvalue weighted by molar-refractivity contribution is -0.119. The average molecular weight is 375 g/mol. The highest BCUT2D eigenvalue weighted by atomic mass is 16.5. The van der Waals surface area contributed by atoms with Crippen molar-refractivity contribution in [3.05, 3.63) is 89.5 Å². The van der Waals surface area contributed by atoms with Crippen LogP contribution in [0, 0.1) is 13.8 Å². The number of anilines is 1. The smallest absolute Gasteiger partial charge is 0.338 e. The van der Waals surface area contributed by atoms with Gasteiger partial charge in [-0.05, 0) is 73.5 Å². The van der Waals surface area contributed by atoms with Crippen LogP contribution in [0.15, 0.2) is 72.8 Å². The predicted molar refractivity (Wildman–Crippen MR) is 108 cm³/mol. The number of aryl methyl sites for hydroxylation is 2. The van der Waals surface area contributed by atoms with Crippen LogP contribution in [0.5, 0.6) is 11.5 Å². The average Bonchev–Trinajstić information content (AvgIpc) is 2.70. The number of hydrogen-bond acceptors (Lipinski definition) is 4. The Labute approximate surface area is 163 Å². The van der Waals surface area contributed by atoms with Gasteiger partial charge >= 0.3 is 5.97 Å².